The van der Waals surface area contributed by atoms with Gasteiger partial charge in [0, 0.05) is 11.6 Å². The predicted molar refractivity (Wildman–Crippen MR) is 132 cm³/mol. The Kier molecular flexibility index (Phi) is 5.72. The molecule has 1 aromatic heterocycles. The maximum Gasteiger partial charge on any atom is 0.257 e. The lowest BCUT2D eigenvalue weighted by Crippen LogP contribution is -2.27. The van der Waals surface area contributed by atoms with Crippen molar-refractivity contribution >= 4 is 23.7 Å². The molecule has 0 saturated carbocycles. The summed E-state index contributed by atoms with van der Waals surface area (Å²) in [6.07, 6.45) is 5.89. The Morgan fingerprint density at radius 3 is 2.30 bits per heavy atom. The second-order valence-corrected chi connectivity index (χ2v) is 8.81. The van der Waals surface area contributed by atoms with Crippen molar-refractivity contribution in [2.75, 3.05) is 25.8 Å². The molecule has 2 N–H and O–H groups in total. The zero-order chi connectivity index (χ0) is 22.9. The Bertz CT molecular complexity index is 1310. The van der Waals surface area contributed by atoms with Gasteiger partial charge in [-0.15, -0.1) is 0 Å². The van der Waals surface area contributed by atoms with Crippen LogP contribution in [0.25, 0.3) is 6.08 Å². The molecule has 1 atom stereocenters. The average molecular weight is 460 g/mol. The van der Waals surface area contributed by atoms with E-state index in [0.29, 0.717) is 16.5 Å². The van der Waals surface area contributed by atoms with Gasteiger partial charge in [0.25, 0.3) is 5.56 Å². The van der Waals surface area contributed by atoms with E-state index in [1.807, 2.05) is 42.7 Å². The normalized spacial score (nSPS) is 18.0. The maximum atomic E-state index is 13.1. The van der Waals surface area contributed by atoms with Crippen LogP contribution in [-0.2, 0) is 0 Å². The van der Waals surface area contributed by atoms with Crippen molar-refractivity contribution in [3.8, 4) is 11.5 Å². The lowest BCUT2D eigenvalue weighted by atomic mass is 9.82. The molecule has 168 valence electrons. The molecule has 0 amide bonds. The van der Waals surface area contributed by atoms with Crippen LogP contribution >= 0.6 is 11.8 Å². The third kappa shape index (κ3) is 3.93. The molecule has 1 unspecified atom stereocenters. The van der Waals surface area contributed by atoms with Crippen molar-refractivity contribution < 1.29 is 9.47 Å². The maximum absolute atomic E-state index is 13.1. The van der Waals surface area contributed by atoms with Crippen molar-refractivity contribution in [1.29, 1.82) is 0 Å². The van der Waals surface area contributed by atoms with Crippen LogP contribution in [-0.4, -0.2) is 30.4 Å². The fourth-order valence-corrected chi connectivity index (χ4v) is 4.98. The predicted octanol–water partition coefficient (Wildman–Crippen LogP) is 5.20. The molecule has 3 aromatic rings. The Hall–Kier alpha value is -3.45. The molecule has 0 fully saturated rings. The van der Waals surface area contributed by atoms with Crippen LogP contribution in [0.5, 0.6) is 11.5 Å². The van der Waals surface area contributed by atoms with Gasteiger partial charge in [0.1, 0.15) is 17.3 Å². The summed E-state index contributed by atoms with van der Waals surface area (Å²) < 4.78 is 10.6. The number of H-pyrrole nitrogens is 1. The van der Waals surface area contributed by atoms with E-state index in [0.717, 1.165) is 41.2 Å². The van der Waals surface area contributed by atoms with Gasteiger partial charge in [-0.05, 0) is 71.7 Å². The molecule has 6 nitrogen and oxygen atoms in total. The summed E-state index contributed by atoms with van der Waals surface area (Å²) in [6, 6.07) is 16.0. The number of hydrogen-bond acceptors (Lipinski definition) is 6. The molecule has 0 spiro atoms. The van der Waals surface area contributed by atoms with Crippen molar-refractivity contribution in [3.05, 3.63) is 92.4 Å². The fourth-order valence-electron chi connectivity index (χ4n) is 4.60. The van der Waals surface area contributed by atoms with E-state index in [1.54, 1.807) is 14.2 Å². The molecule has 2 aliphatic rings. The molecule has 33 heavy (non-hydrogen) atoms. The summed E-state index contributed by atoms with van der Waals surface area (Å²) in [4.78, 5) is 20.8. The van der Waals surface area contributed by atoms with E-state index < -0.39 is 0 Å². The second kappa shape index (κ2) is 8.83. The van der Waals surface area contributed by atoms with Gasteiger partial charge in [-0.1, -0.05) is 36.0 Å². The highest BCUT2D eigenvalue weighted by molar-refractivity contribution is 7.98. The van der Waals surface area contributed by atoms with Crippen molar-refractivity contribution in [3.63, 3.8) is 0 Å². The first-order valence-corrected chi connectivity index (χ1v) is 12.0. The van der Waals surface area contributed by atoms with E-state index in [-0.39, 0.29) is 11.5 Å². The number of methoxy groups -OCH3 is 2. The van der Waals surface area contributed by atoms with Gasteiger partial charge in [-0.3, -0.25) is 4.79 Å². The Labute approximate surface area is 196 Å². The number of aromatic amines is 1. The first kappa shape index (κ1) is 21.4. The monoisotopic (exact) mass is 459 g/mol. The first-order valence-electron chi connectivity index (χ1n) is 10.8. The average Bonchev–Trinajstić information content (AvgIpc) is 3.25. The topological polar surface area (TPSA) is 76.2 Å². The smallest absolute Gasteiger partial charge is 0.257 e. The number of allylic oxidation sites excluding steroid dienone is 2. The largest absolute Gasteiger partial charge is 0.497 e. The van der Waals surface area contributed by atoms with Crippen molar-refractivity contribution in [2.45, 2.75) is 23.9 Å². The Morgan fingerprint density at radius 2 is 1.67 bits per heavy atom. The van der Waals surface area contributed by atoms with Gasteiger partial charge < -0.3 is 19.8 Å². The van der Waals surface area contributed by atoms with Gasteiger partial charge in [0.2, 0.25) is 0 Å². The third-order valence-corrected chi connectivity index (χ3v) is 6.80. The number of benzene rings is 2. The van der Waals surface area contributed by atoms with Crippen LogP contribution in [0.1, 0.15) is 35.4 Å². The molecular formula is C26H25N3O3S. The molecule has 0 saturated heterocycles. The molecule has 2 aromatic carbocycles. The summed E-state index contributed by atoms with van der Waals surface area (Å²) in [7, 11) is 3.32. The molecule has 2 heterocycles. The lowest BCUT2D eigenvalue weighted by Gasteiger charge is -2.28. The van der Waals surface area contributed by atoms with Crippen LogP contribution in [0.2, 0.25) is 0 Å². The molecule has 1 aliphatic heterocycles. The van der Waals surface area contributed by atoms with Gasteiger partial charge in [0.05, 0.1) is 19.8 Å². The highest BCUT2D eigenvalue weighted by Gasteiger charge is 2.36. The SMILES string of the molecule is COc1ccc(/C=C2\CCC3=C2Nc2nc(SC)[nH]c(=O)c2C3c2ccc(OC)cc2)cc1. The van der Waals surface area contributed by atoms with E-state index >= 15 is 0 Å². The van der Waals surface area contributed by atoms with Crippen LogP contribution in [0.15, 0.2) is 75.3 Å². The highest BCUT2D eigenvalue weighted by atomic mass is 32.2. The van der Waals surface area contributed by atoms with E-state index in [4.69, 9.17) is 14.5 Å². The highest BCUT2D eigenvalue weighted by Crippen LogP contribution is 2.48. The first-order chi connectivity index (χ1) is 16.1. The minimum atomic E-state index is -0.156. The van der Waals surface area contributed by atoms with E-state index in [2.05, 4.69) is 28.5 Å². The zero-order valence-corrected chi connectivity index (χ0v) is 19.6. The van der Waals surface area contributed by atoms with Gasteiger partial charge in [0.15, 0.2) is 5.16 Å². The molecule has 0 bridgehead atoms. The van der Waals surface area contributed by atoms with Crippen LogP contribution in [0.4, 0.5) is 5.82 Å². The number of nitrogens with zero attached hydrogens (tertiary/aromatic N) is 1. The summed E-state index contributed by atoms with van der Waals surface area (Å²) in [5.41, 5.74) is 6.24. The van der Waals surface area contributed by atoms with Gasteiger partial charge in [-0.2, -0.15) is 0 Å². The minimum Gasteiger partial charge on any atom is -0.497 e. The van der Waals surface area contributed by atoms with E-state index in [9.17, 15) is 4.79 Å². The van der Waals surface area contributed by atoms with Crippen LogP contribution in [0.3, 0.4) is 0 Å². The van der Waals surface area contributed by atoms with Gasteiger partial charge in [-0.25, -0.2) is 4.98 Å². The Balaban J connectivity index is 1.64. The van der Waals surface area contributed by atoms with Crippen LogP contribution in [0, 0.1) is 0 Å². The standard InChI is InChI=1S/C26H25N3O3S/c1-31-18-9-4-15(5-10-18)14-17-8-13-20-21(16-6-11-19(32-2)12-7-16)22-24(27-23(17)20)28-26(33-3)29-25(22)30/h4-7,9-12,14,21H,8,13H2,1-3H3,(H2,27,28,29,30)/b17-14+. The summed E-state index contributed by atoms with van der Waals surface area (Å²) in [5, 5.41) is 4.11. The summed E-state index contributed by atoms with van der Waals surface area (Å²) in [6.45, 7) is 0. The third-order valence-electron chi connectivity index (χ3n) is 6.22. The Morgan fingerprint density at radius 1 is 1.00 bits per heavy atom. The van der Waals surface area contributed by atoms with Crippen LogP contribution < -0.4 is 20.3 Å². The summed E-state index contributed by atoms with van der Waals surface area (Å²) in [5.74, 6) is 2.10. The lowest BCUT2D eigenvalue weighted by molar-refractivity contribution is 0.414. The molecule has 0 radical (unpaired) electrons. The molecule has 7 heteroatoms. The number of nitrogens with one attached hydrogen (secondary N) is 2. The second-order valence-electron chi connectivity index (χ2n) is 8.01. The molecular weight excluding hydrogens is 434 g/mol. The number of fused-ring (bicyclic) bond motifs is 1. The number of hydrogen-bond donors (Lipinski definition) is 2. The minimum absolute atomic E-state index is 0.100. The quantitative estimate of drug-likeness (QED) is 0.404. The zero-order valence-electron chi connectivity index (χ0n) is 18.8. The molecule has 1 aliphatic carbocycles. The number of aromatic nitrogens is 2. The number of rotatable bonds is 5. The van der Waals surface area contributed by atoms with Crippen molar-refractivity contribution in [2.24, 2.45) is 0 Å². The summed E-state index contributed by atoms with van der Waals surface area (Å²) >= 11 is 1.42. The number of ether oxygens (including phenoxy) is 2. The molecule has 5 rings (SSSR count). The number of anilines is 1. The fraction of sp³-hybridized carbons (Fsp3) is 0.231. The van der Waals surface area contributed by atoms with Crippen molar-refractivity contribution in [1.82, 2.24) is 9.97 Å². The van der Waals surface area contributed by atoms with E-state index in [1.165, 1.54) is 22.9 Å². The van der Waals surface area contributed by atoms with Gasteiger partial charge >= 0.3 is 0 Å². The number of thioether (sulfide) groups is 1.